The molecule has 5 nitrogen and oxygen atoms in total. The molecule has 2 aliphatic rings. The molecule has 20 heavy (non-hydrogen) atoms. The highest BCUT2D eigenvalue weighted by Crippen LogP contribution is 2.38. The number of fused-ring (bicyclic) bond motifs is 1. The number of ether oxygens (including phenoxy) is 2. The van der Waals surface area contributed by atoms with E-state index in [2.05, 4.69) is 26.6 Å². The molecule has 2 atom stereocenters. The fraction of sp³-hybridized carbons (Fsp3) is 0.571. The van der Waals surface area contributed by atoms with E-state index in [0.717, 1.165) is 41.2 Å². The molecule has 2 heterocycles. The first-order chi connectivity index (χ1) is 9.74. The maximum Gasteiger partial charge on any atom is 0.175 e. The van der Waals surface area contributed by atoms with E-state index in [4.69, 9.17) is 9.47 Å². The Morgan fingerprint density at radius 3 is 2.95 bits per heavy atom. The third-order valence-corrected chi connectivity index (χ3v) is 4.29. The zero-order valence-corrected chi connectivity index (χ0v) is 12.8. The quantitative estimate of drug-likeness (QED) is 0.758. The van der Waals surface area contributed by atoms with Crippen LogP contribution in [0.4, 0.5) is 0 Å². The van der Waals surface area contributed by atoms with Crippen molar-refractivity contribution in [2.75, 3.05) is 32.8 Å². The molecule has 3 N–H and O–H groups in total. The van der Waals surface area contributed by atoms with E-state index < -0.39 is 0 Å². The van der Waals surface area contributed by atoms with Crippen molar-refractivity contribution in [2.45, 2.75) is 12.6 Å². The molecule has 1 aromatic rings. The van der Waals surface area contributed by atoms with Gasteiger partial charge >= 0.3 is 0 Å². The van der Waals surface area contributed by atoms with Crippen molar-refractivity contribution in [1.82, 2.24) is 10.6 Å². The summed E-state index contributed by atoms with van der Waals surface area (Å²) in [6.45, 7) is 4.31. The first-order valence-corrected chi connectivity index (χ1v) is 7.71. The Labute approximate surface area is 126 Å². The van der Waals surface area contributed by atoms with E-state index in [1.54, 1.807) is 0 Å². The van der Waals surface area contributed by atoms with Gasteiger partial charge in [0.2, 0.25) is 0 Å². The summed E-state index contributed by atoms with van der Waals surface area (Å²) in [4.78, 5) is 0. The largest absolute Gasteiger partial charge is 0.486 e. The molecular weight excluding hydrogens is 324 g/mol. The number of halogens is 1. The molecule has 0 bridgehead atoms. The van der Waals surface area contributed by atoms with Crippen molar-refractivity contribution >= 4 is 15.9 Å². The second-order valence-corrected chi connectivity index (χ2v) is 6.07. The van der Waals surface area contributed by atoms with Crippen LogP contribution >= 0.6 is 15.9 Å². The average Bonchev–Trinajstić information content (AvgIpc) is 2.85. The van der Waals surface area contributed by atoms with Crippen LogP contribution in [0.25, 0.3) is 0 Å². The zero-order chi connectivity index (χ0) is 13.9. The summed E-state index contributed by atoms with van der Waals surface area (Å²) >= 11 is 3.52. The van der Waals surface area contributed by atoms with Crippen molar-refractivity contribution in [2.24, 2.45) is 5.92 Å². The van der Waals surface area contributed by atoms with Crippen molar-refractivity contribution in [3.8, 4) is 11.5 Å². The number of nitrogens with one attached hydrogen (secondary N) is 2. The maximum atomic E-state index is 9.74. The van der Waals surface area contributed by atoms with Crippen molar-refractivity contribution < 1.29 is 14.6 Å². The summed E-state index contributed by atoms with van der Waals surface area (Å²) in [6.07, 6.45) is -0.241. The lowest BCUT2D eigenvalue weighted by molar-refractivity contribution is 0.146. The predicted octanol–water partition coefficient (Wildman–Crippen LogP) is 0.890. The molecule has 2 unspecified atom stereocenters. The highest BCUT2D eigenvalue weighted by molar-refractivity contribution is 9.10. The van der Waals surface area contributed by atoms with Crippen LogP contribution in [0.2, 0.25) is 0 Å². The van der Waals surface area contributed by atoms with E-state index in [1.165, 1.54) is 0 Å². The molecule has 1 fully saturated rings. The summed E-state index contributed by atoms with van der Waals surface area (Å²) in [5.41, 5.74) is 1.14. The van der Waals surface area contributed by atoms with E-state index in [0.29, 0.717) is 19.8 Å². The Kier molecular flexibility index (Phi) is 4.45. The second kappa shape index (κ2) is 6.30. The minimum absolute atomic E-state index is 0.241. The number of rotatable bonds is 4. The van der Waals surface area contributed by atoms with Crippen molar-refractivity contribution in [3.05, 3.63) is 22.2 Å². The number of aliphatic hydroxyl groups is 1. The summed E-state index contributed by atoms with van der Waals surface area (Å²) < 4.78 is 12.1. The third-order valence-electron chi connectivity index (χ3n) is 3.70. The summed E-state index contributed by atoms with van der Waals surface area (Å²) in [6, 6.07) is 4.05. The standard InChI is InChI=1S/C14H19BrN2O3/c15-11-3-9(4-13-14(11)20-2-1-19-13)5-16-6-10-7-17-8-12(10)18/h3-4,10,12,16-18H,1-2,5-8H2. The predicted molar refractivity (Wildman–Crippen MR) is 79.2 cm³/mol. The van der Waals surface area contributed by atoms with Gasteiger partial charge in [0, 0.05) is 32.1 Å². The molecule has 0 saturated carbocycles. The maximum absolute atomic E-state index is 9.74. The van der Waals surface area contributed by atoms with Gasteiger partial charge in [0.25, 0.3) is 0 Å². The van der Waals surface area contributed by atoms with E-state index in [-0.39, 0.29) is 12.0 Å². The first kappa shape index (κ1) is 14.1. The minimum atomic E-state index is -0.241. The molecule has 110 valence electrons. The van der Waals surface area contributed by atoms with Crippen molar-refractivity contribution in [1.29, 1.82) is 0 Å². The summed E-state index contributed by atoms with van der Waals surface area (Å²) in [5, 5.41) is 16.3. The second-order valence-electron chi connectivity index (χ2n) is 5.22. The molecule has 1 aromatic carbocycles. The molecule has 0 aromatic heterocycles. The van der Waals surface area contributed by atoms with Crippen LogP contribution in [-0.2, 0) is 6.54 Å². The van der Waals surface area contributed by atoms with Gasteiger partial charge in [-0.15, -0.1) is 0 Å². The number of hydrogen-bond acceptors (Lipinski definition) is 5. The normalized spacial score (nSPS) is 24.9. The number of hydrogen-bond donors (Lipinski definition) is 3. The third kappa shape index (κ3) is 3.09. The van der Waals surface area contributed by atoms with Gasteiger partial charge in [0.15, 0.2) is 11.5 Å². The fourth-order valence-corrected chi connectivity index (χ4v) is 3.20. The van der Waals surface area contributed by atoms with Crippen LogP contribution in [0.1, 0.15) is 5.56 Å². The molecule has 6 heteroatoms. The van der Waals surface area contributed by atoms with Gasteiger partial charge in [-0.3, -0.25) is 0 Å². The molecular formula is C14H19BrN2O3. The summed E-state index contributed by atoms with van der Waals surface area (Å²) in [7, 11) is 0. The van der Waals surface area contributed by atoms with Crippen LogP contribution in [0, 0.1) is 5.92 Å². The van der Waals surface area contributed by atoms with Crippen LogP contribution < -0.4 is 20.1 Å². The molecule has 3 rings (SSSR count). The lowest BCUT2D eigenvalue weighted by atomic mass is 10.1. The fourth-order valence-electron chi connectivity index (χ4n) is 2.60. The number of β-amino-alcohol motifs (C(OH)–C–C–N with tert-alkyl or cyclic N) is 1. The van der Waals surface area contributed by atoms with Crippen LogP contribution in [0.5, 0.6) is 11.5 Å². The van der Waals surface area contributed by atoms with E-state index >= 15 is 0 Å². The van der Waals surface area contributed by atoms with Crippen LogP contribution in [-0.4, -0.2) is 44.1 Å². The zero-order valence-electron chi connectivity index (χ0n) is 11.2. The Hall–Kier alpha value is -0.820. The van der Waals surface area contributed by atoms with Gasteiger partial charge in [-0.05, 0) is 33.6 Å². The molecule has 0 radical (unpaired) electrons. The smallest absolute Gasteiger partial charge is 0.175 e. The molecule has 0 aliphatic carbocycles. The monoisotopic (exact) mass is 342 g/mol. The highest BCUT2D eigenvalue weighted by Gasteiger charge is 2.24. The minimum Gasteiger partial charge on any atom is -0.486 e. The van der Waals surface area contributed by atoms with Gasteiger partial charge in [-0.25, -0.2) is 0 Å². The molecule has 2 aliphatic heterocycles. The van der Waals surface area contributed by atoms with Gasteiger partial charge < -0.3 is 25.2 Å². The average molecular weight is 343 g/mol. The van der Waals surface area contributed by atoms with Gasteiger partial charge in [-0.1, -0.05) is 0 Å². The van der Waals surface area contributed by atoms with E-state index in [9.17, 15) is 5.11 Å². The highest BCUT2D eigenvalue weighted by atomic mass is 79.9. The number of benzene rings is 1. The molecule has 0 spiro atoms. The van der Waals surface area contributed by atoms with Gasteiger partial charge in [0.1, 0.15) is 13.2 Å². The lowest BCUT2D eigenvalue weighted by Gasteiger charge is -2.21. The Morgan fingerprint density at radius 2 is 2.15 bits per heavy atom. The van der Waals surface area contributed by atoms with Crippen LogP contribution in [0.3, 0.4) is 0 Å². The Bertz CT molecular complexity index is 484. The first-order valence-electron chi connectivity index (χ1n) is 6.91. The number of aliphatic hydroxyl groups excluding tert-OH is 1. The van der Waals surface area contributed by atoms with Gasteiger partial charge in [-0.2, -0.15) is 0 Å². The van der Waals surface area contributed by atoms with Gasteiger partial charge in [0.05, 0.1) is 10.6 Å². The Morgan fingerprint density at radius 1 is 1.30 bits per heavy atom. The summed E-state index contributed by atoms with van der Waals surface area (Å²) in [5.74, 6) is 1.87. The topological polar surface area (TPSA) is 62.8 Å². The van der Waals surface area contributed by atoms with Crippen molar-refractivity contribution in [3.63, 3.8) is 0 Å². The van der Waals surface area contributed by atoms with E-state index in [1.807, 2.05) is 12.1 Å². The molecule has 0 amide bonds. The van der Waals surface area contributed by atoms with Crippen LogP contribution in [0.15, 0.2) is 16.6 Å². The SMILES string of the molecule is OC1CNCC1CNCc1cc(Br)c2c(c1)OCCO2. The molecule has 1 saturated heterocycles. The Balaban J connectivity index is 1.59. The lowest BCUT2D eigenvalue weighted by Crippen LogP contribution is -2.30.